The molecule has 1 heterocycles. The number of hydrogen-bond donors (Lipinski definition) is 3. The lowest BCUT2D eigenvalue weighted by Crippen LogP contribution is -2.39. The summed E-state index contributed by atoms with van der Waals surface area (Å²) in [7, 11) is 0. The minimum absolute atomic E-state index is 0.106. The second-order valence-corrected chi connectivity index (χ2v) is 8.19. The van der Waals surface area contributed by atoms with E-state index in [1.807, 2.05) is 13.8 Å². The van der Waals surface area contributed by atoms with Crippen LogP contribution in [0.25, 0.3) is 22.2 Å². The van der Waals surface area contributed by atoms with Crippen LogP contribution in [0, 0.1) is 23.4 Å². The van der Waals surface area contributed by atoms with Crippen molar-refractivity contribution in [3.05, 3.63) is 59.9 Å². The molecule has 0 radical (unpaired) electrons. The molecule has 1 aliphatic rings. The molecular formula is C24H28F3N3O. The molecule has 0 unspecified atom stereocenters. The molecule has 1 aromatic heterocycles. The lowest BCUT2D eigenvalue weighted by atomic mass is 9.85. The van der Waals surface area contributed by atoms with E-state index in [4.69, 9.17) is 0 Å². The van der Waals surface area contributed by atoms with Gasteiger partial charge in [0.05, 0.1) is 12.1 Å². The van der Waals surface area contributed by atoms with E-state index in [0.29, 0.717) is 23.2 Å². The smallest absolute Gasteiger partial charge is 0.234 e. The fraction of sp³-hybridized carbons (Fsp3) is 0.375. The van der Waals surface area contributed by atoms with Crippen molar-refractivity contribution in [2.24, 2.45) is 5.92 Å². The highest BCUT2D eigenvalue weighted by Crippen LogP contribution is 2.27. The first-order chi connectivity index (χ1) is 14.8. The maximum Gasteiger partial charge on any atom is 0.234 e. The van der Waals surface area contributed by atoms with Gasteiger partial charge in [-0.15, -0.1) is 0 Å². The summed E-state index contributed by atoms with van der Waals surface area (Å²) in [5.41, 5.74) is 1.58. The predicted octanol–water partition coefficient (Wildman–Crippen LogP) is 5.15. The highest BCUT2D eigenvalue weighted by molar-refractivity contribution is 5.86. The van der Waals surface area contributed by atoms with Gasteiger partial charge >= 0.3 is 0 Å². The third-order valence-corrected chi connectivity index (χ3v) is 5.19. The Labute approximate surface area is 180 Å². The number of rotatable bonds is 6. The van der Waals surface area contributed by atoms with Crippen LogP contribution in [-0.4, -0.2) is 30.0 Å². The molecule has 166 valence electrons. The quantitative estimate of drug-likeness (QED) is 0.505. The summed E-state index contributed by atoms with van der Waals surface area (Å²) >= 11 is 0. The predicted molar refractivity (Wildman–Crippen MR) is 117 cm³/mol. The zero-order valence-electron chi connectivity index (χ0n) is 17.8. The van der Waals surface area contributed by atoms with Crippen molar-refractivity contribution >= 4 is 16.8 Å². The van der Waals surface area contributed by atoms with E-state index in [9.17, 15) is 18.0 Å². The van der Waals surface area contributed by atoms with Crippen LogP contribution in [-0.2, 0) is 4.79 Å². The summed E-state index contributed by atoms with van der Waals surface area (Å²) in [5, 5.41) is 6.48. The van der Waals surface area contributed by atoms with Crippen LogP contribution in [0.2, 0.25) is 0 Å². The minimum Gasteiger partial charge on any atom is -0.353 e. The maximum atomic E-state index is 13.5. The van der Waals surface area contributed by atoms with Gasteiger partial charge in [-0.05, 0) is 81.1 Å². The van der Waals surface area contributed by atoms with E-state index in [2.05, 4.69) is 15.6 Å². The molecule has 1 amide bonds. The molecule has 1 aliphatic carbocycles. The van der Waals surface area contributed by atoms with E-state index in [-0.39, 0.29) is 23.3 Å². The molecule has 31 heavy (non-hydrogen) atoms. The molecule has 0 bridgehead atoms. The fourth-order valence-corrected chi connectivity index (χ4v) is 3.41. The molecule has 3 N–H and O–H groups in total. The standard InChI is InChI=1S/C14H8F3N.C10H20N2O/c15-10-3-1-8(2-4-10)13-6-9-5-11(16)7-12(17)14(9)18-13;1-8(2)12-10(13)7-11-6-9-4-3-5-9/h1-7,18H;8-9,11H,3-7H2,1-2H3,(H,12,13). The minimum atomic E-state index is -0.640. The zero-order valence-corrected chi connectivity index (χ0v) is 17.8. The van der Waals surface area contributed by atoms with E-state index in [1.54, 1.807) is 18.2 Å². The molecule has 2 aromatic carbocycles. The monoisotopic (exact) mass is 431 g/mol. The molecule has 7 heteroatoms. The number of nitrogens with one attached hydrogen (secondary N) is 3. The van der Waals surface area contributed by atoms with Crippen LogP contribution in [0.15, 0.2) is 42.5 Å². The Morgan fingerprint density at radius 1 is 1.06 bits per heavy atom. The first-order valence-electron chi connectivity index (χ1n) is 10.6. The number of amides is 1. The number of hydrogen-bond acceptors (Lipinski definition) is 2. The van der Waals surface area contributed by atoms with Crippen LogP contribution in [0.4, 0.5) is 13.2 Å². The van der Waals surface area contributed by atoms with Crippen molar-refractivity contribution < 1.29 is 18.0 Å². The Bertz CT molecular complexity index is 1010. The van der Waals surface area contributed by atoms with Gasteiger partial charge in [0.1, 0.15) is 17.5 Å². The average Bonchev–Trinajstić information content (AvgIpc) is 3.08. The molecular weight excluding hydrogens is 403 g/mol. The van der Waals surface area contributed by atoms with Gasteiger partial charge in [-0.25, -0.2) is 13.2 Å². The largest absolute Gasteiger partial charge is 0.353 e. The van der Waals surface area contributed by atoms with Crippen LogP contribution >= 0.6 is 0 Å². The van der Waals surface area contributed by atoms with Crippen molar-refractivity contribution in [1.29, 1.82) is 0 Å². The molecule has 0 atom stereocenters. The molecule has 0 spiro atoms. The van der Waals surface area contributed by atoms with Gasteiger partial charge in [-0.3, -0.25) is 4.79 Å². The highest BCUT2D eigenvalue weighted by Gasteiger charge is 2.16. The number of aromatic nitrogens is 1. The van der Waals surface area contributed by atoms with Crippen molar-refractivity contribution in [3.63, 3.8) is 0 Å². The maximum absolute atomic E-state index is 13.5. The number of aromatic amines is 1. The van der Waals surface area contributed by atoms with Gasteiger partial charge in [0.25, 0.3) is 0 Å². The molecule has 0 aliphatic heterocycles. The second-order valence-electron chi connectivity index (χ2n) is 8.19. The van der Waals surface area contributed by atoms with Gasteiger partial charge in [0.15, 0.2) is 0 Å². The summed E-state index contributed by atoms with van der Waals surface area (Å²) in [6, 6.07) is 9.75. The van der Waals surface area contributed by atoms with Crippen LogP contribution < -0.4 is 10.6 Å². The normalized spacial score (nSPS) is 13.6. The van der Waals surface area contributed by atoms with Crippen molar-refractivity contribution in [2.45, 2.75) is 39.2 Å². The number of carbonyl (C=O) groups excluding carboxylic acids is 1. The van der Waals surface area contributed by atoms with Gasteiger partial charge in [0.2, 0.25) is 5.91 Å². The molecule has 4 rings (SSSR count). The molecule has 3 aromatic rings. The Hall–Kier alpha value is -2.80. The summed E-state index contributed by atoms with van der Waals surface area (Å²) in [4.78, 5) is 14.0. The lowest BCUT2D eigenvalue weighted by molar-refractivity contribution is -0.120. The lowest BCUT2D eigenvalue weighted by Gasteiger charge is -2.25. The molecule has 4 nitrogen and oxygen atoms in total. The van der Waals surface area contributed by atoms with Gasteiger partial charge in [-0.1, -0.05) is 6.42 Å². The summed E-state index contributed by atoms with van der Waals surface area (Å²) in [5.74, 6) is -0.670. The Kier molecular flexibility index (Phi) is 7.74. The van der Waals surface area contributed by atoms with Gasteiger partial charge in [-0.2, -0.15) is 0 Å². The average molecular weight is 432 g/mol. The number of carbonyl (C=O) groups is 1. The molecule has 1 saturated carbocycles. The first kappa shape index (κ1) is 22.9. The first-order valence-corrected chi connectivity index (χ1v) is 10.6. The number of H-pyrrole nitrogens is 1. The van der Waals surface area contributed by atoms with Crippen molar-refractivity contribution in [1.82, 2.24) is 15.6 Å². The Morgan fingerprint density at radius 2 is 1.77 bits per heavy atom. The Morgan fingerprint density at radius 3 is 2.39 bits per heavy atom. The van der Waals surface area contributed by atoms with Crippen LogP contribution in [0.1, 0.15) is 33.1 Å². The second kappa shape index (κ2) is 10.5. The summed E-state index contributed by atoms with van der Waals surface area (Å²) < 4.78 is 39.4. The van der Waals surface area contributed by atoms with E-state index >= 15 is 0 Å². The summed E-state index contributed by atoms with van der Waals surface area (Å²) in [6.07, 6.45) is 4.03. The summed E-state index contributed by atoms with van der Waals surface area (Å²) in [6.45, 7) is 5.42. The molecule has 1 fully saturated rings. The SMILES string of the molecule is CC(C)NC(=O)CNCC1CCC1.Fc1ccc(-c2cc3cc(F)cc(F)c3[nH]2)cc1. The van der Waals surface area contributed by atoms with Crippen molar-refractivity contribution in [2.75, 3.05) is 13.1 Å². The van der Waals surface area contributed by atoms with E-state index in [1.165, 1.54) is 37.5 Å². The number of halogens is 3. The fourth-order valence-electron chi connectivity index (χ4n) is 3.41. The third kappa shape index (κ3) is 6.59. The van der Waals surface area contributed by atoms with Crippen LogP contribution in [0.3, 0.4) is 0 Å². The topological polar surface area (TPSA) is 56.9 Å². The highest BCUT2D eigenvalue weighted by atomic mass is 19.1. The van der Waals surface area contributed by atoms with E-state index in [0.717, 1.165) is 18.5 Å². The van der Waals surface area contributed by atoms with Gasteiger partial charge < -0.3 is 15.6 Å². The number of fused-ring (bicyclic) bond motifs is 1. The van der Waals surface area contributed by atoms with Crippen LogP contribution in [0.5, 0.6) is 0 Å². The number of benzene rings is 2. The Balaban J connectivity index is 0.000000187. The zero-order chi connectivity index (χ0) is 22.4. The van der Waals surface area contributed by atoms with E-state index < -0.39 is 11.6 Å². The van der Waals surface area contributed by atoms with Gasteiger partial charge in [0, 0.05) is 23.2 Å². The van der Waals surface area contributed by atoms with Crippen molar-refractivity contribution in [3.8, 4) is 11.3 Å². The third-order valence-electron chi connectivity index (χ3n) is 5.19. The molecule has 0 saturated heterocycles.